The normalized spacial score (nSPS) is 41.2. The highest BCUT2D eigenvalue weighted by Gasteiger charge is 2.42. The highest BCUT2D eigenvalue weighted by atomic mass is 16.4. The number of nitrogens with one attached hydrogen (secondary N) is 1. The van der Waals surface area contributed by atoms with Gasteiger partial charge in [-0.1, -0.05) is 19.3 Å². The number of carbonyl (C=O) groups excluding carboxylic acids is 1. The van der Waals surface area contributed by atoms with Gasteiger partial charge in [-0.05, 0) is 43.9 Å². The Morgan fingerprint density at radius 2 is 1.68 bits per heavy atom. The van der Waals surface area contributed by atoms with Crippen molar-refractivity contribution >= 4 is 11.9 Å². The van der Waals surface area contributed by atoms with Crippen molar-refractivity contribution in [3.8, 4) is 0 Å². The van der Waals surface area contributed by atoms with Crippen molar-refractivity contribution in [1.82, 2.24) is 5.32 Å². The molecular weight excluding hydrogens is 242 g/mol. The van der Waals surface area contributed by atoms with Gasteiger partial charge in [0.1, 0.15) is 0 Å². The van der Waals surface area contributed by atoms with Crippen molar-refractivity contribution < 1.29 is 14.7 Å². The van der Waals surface area contributed by atoms with Gasteiger partial charge in [0.25, 0.3) is 0 Å². The molecule has 4 heteroatoms. The van der Waals surface area contributed by atoms with E-state index < -0.39 is 11.9 Å². The topological polar surface area (TPSA) is 66.4 Å². The molecule has 0 saturated heterocycles. The van der Waals surface area contributed by atoms with Crippen LogP contribution in [-0.2, 0) is 9.59 Å². The van der Waals surface area contributed by atoms with Crippen LogP contribution in [0.5, 0.6) is 0 Å². The minimum Gasteiger partial charge on any atom is -0.481 e. The summed E-state index contributed by atoms with van der Waals surface area (Å²) in [6, 6.07) is 0.322. The Kier molecular flexibility index (Phi) is 3.50. The monoisotopic (exact) mass is 265 g/mol. The maximum atomic E-state index is 12.4. The molecule has 0 aliphatic heterocycles. The molecule has 2 N–H and O–H groups in total. The first-order valence-electron chi connectivity index (χ1n) is 7.68. The fourth-order valence-corrected chi connectivity index (χ4v) is 4.45. The quantitative estimate of drug-likeness (QED) is 0.822. The maximum absolute atomic E-state index is 12.4. The first-order chi connectivity index (χ1) is 9.15. The van der Waals surface area contributed by atoms with Crippen molar-refractivity contribution in [2.75, 3.05) is 0 Å². The number of amides is 1. The number of fused-ring (bicyclic) bond motifs is 2. The van der Waals surface area contributed by atoms with E-state index in [1.807, 2.05) is 0 Å². The lowest BCUT2D eigenvalue weighted by Crippen LogP contribution is -2.45. The Hall–Kier alpha value is -1.06. The first-order valence-corrected chi connectivity index (χ1v) is 7.68. The van der Waals surface area contributed by atoms with Crippen LogP contribution in [0.1, 0.15) is 51.4 Å². The number of carboxylic acids is 1. The van der Waals surface area contributed by atoms with E-state index in [0.29, 0.717) is 18.4 Å². The lowest BCUT2D eigenvalue weighted by atomic mass is 9.78. The third-order valence-electron chi connectivity index (χ3n) is 5.49. The smallest absolute Gasteiger partial charge is 0.307 e. The van der Waals surface area contributed by atoms with E-state index in [1.165, 1.54) is 19.3 Å². The Morgan fingerprint density at radius 3 is 2.26 bits per heavy atom. The molecule has 1 amide bonds. The third-order valence-corrected chi connectivity index (χ3v) is 5.49. The van der Waals surface area contributed by atoms with Crippen LogP contribution in [0.2, 0.25) is 0 Å². The van der Waals surface area contributed by atoms with Crippen LogP contribution in [0.25, 0.3) is 0 Å². The molecule has 0 aromatic rings. The second-order valence-corrected chi connectivity index (χ2v) is 6.63. The van der Waals surface area contributed by atoms with Crippen LogP contribution in [0.3, 0.4) is 0 Å². The molecule has 4 nitrogen and oxygen atoms in total. The van der Waals surface area contributed by atoms with E-state index in [1.54, 1.807) is 0 Å². The summed E-state index contributed by atoms with van der Waals surface area (Å²) in [5, 5.41) is 12.4. The predicted octanol–water partition coefficient (Wildman–Crippen LogP) is 2.18. The van der Waals surface area contributed by atoms with E-state index in [4.69, 9.17) is 0 Å². The van der Waals surface area contributed by atoms with Gasteiger partial charge >= 0.3 is 5.97 Å². The Balaban J connectivity index is 1.61. The van der Waals surface area contributed by atoms with Crippen molar-refractivity contribution in [1.29, 1.82) is 0 Å². The Morgan fingerprint density at radius 1 is 0.947 bits per heavy atom. The van der Waals surface area contributed by atoms with Gasteiger partial charge in [-0.15, -0.1) is 0 Å². The minimum absolute atomic E-state index is 0.00431. The molecule has 106 valence electrons. The fraction of sp³-hybridized carbons (Fsp3) is 0.867. The number of hydrogen-bond donors (Lipinski definition) is 2. The summed E-state index contributed by atoms with van der Waals surface area (Å²) in [5.41, 5.74) is 0. The summed E-state index contributed by atoms with van der Waals surface area (Å²) in [4.78, 5) is 23.6. The van der Waals surface area contributed by atoms with E-state index in [2.05, 4.69) is 5.32 Å². The van der Waals surface area contributed by atoms with Gasteiger partial charge < -0.3 is 10.4 Å². The zero-order valence-corrected chi connectivity index (χ0v) is 11.3. The largest absolute Gasteiger partial charge is 0.481 e. The summed E-state index contributed by atoms with van der Waals surface area (Å²) in [6.07, 6.45) is 8.25. The van der Waals surface area contributed by atoms with Crippen LogP contribution in [-0.4, -0.2) is 23.0 Å². The maximum Gasteiger partial charge on any atom is 0.307 e. The molecule has 0 heterocycles. The van der Waals surface area contributed by atoms with Crippen molar-refractivity contribution in [3.63, 3.8) is 0 Å². The minimum atomic E-state index is -0.798. The number of carboxylic acid groups (broad SMARTS) is 1. The van der Waals surface area contributed by atoms with Gasteiger partial charge in [0.2, 0.25) is 5.91 Å². The van der Waals surface area contributed by atoms with Crippen LogP contribution in [0.15, 0.2) is 0 Å². The predicted molar refractivity (Wildman–Crippen MR) is 70.5 cm³/mol. The summed E-state index contributed by atoms with van der Waals surface area (Å²) in [5.74, 6) is -0.104. The highest BCUT2D eigenvalue weighted by molar-refractivity contribution is 5.85. The molecule has 0 radical (unpaired) electrons. The SMILES string of the molecule is O=C(O)[C@H]1CCCC[C@H]1C(=O)NC1CC2CCC1C2. The van der Waals surface area contributed by atoms with Crippen LogP contribution < -0.4 is 5.32 Å². The van der Waals surface area contributed by atoms with E-state index in [9.17, 15) is 14.7 Å². The lowest BCUT2D eigenvalue weighted by molar-refractivity contribution is -0.149. The zero-order chi connectivity index (χ0) is 13.4. The second-order valence-electron chi connectivity index (χ2n) is 6.63. The highest BCUT2D eigenvalue weighted by Crippen LogP contribution is 2.44. The van der Waals surface area contributed by atoms with E-state index >= 15 is 0 Å². The number of rotatable bonds is 3. The Bertz CT molecular complexity index is 382. The van der Waals surface area contributed by atoms with Crippen LogP contribution in [0.4, 0.5) is 0 Å². The summed E-state index contributed by atoms with van der Waals surface area (Å²) < 4.78 is 0. The standard InChI is InChI=1S/C15H23NO3/c17-14(11-3-1-2-4-12(11)15(18)19)16-13-8-9-5-6-10(13)7-9/h9-13H,1-8H2,(H,16,17)(H,18,19)/t9?,10?,11-,12+,13?/m1/s1. The van der Waals surface area contributed by atoms with Gasteiger partial charge in [-0.3, -0.25) is 9.59 Å². The van der Waals surface area contributed by atoms with Gasteiger partial charge in [-0.25, -0.2) is 0 Å². The van der Waals surface area contributed by atoms with E-state index in [0.717, 1.165) is 31.6 Å². The molecule has 3 aliphatic rings. The summed E-state index contributed by atoms with van der Waals surface area (Å²) >= 11 is 0. The molecule has 3 saturated carbocycles. The molecule has 3 aliphatic carbocycles. The molecule has 5 atom stereocenters. The van der Waals surface area contributed by atoms with Gasteiger partial charge in [-0.2, -0.15) is 0 Å². The number of hydrogen-bond acceptors (Lipinski definition) is 2. The lowest BCUT2D eigenvalue weighted by Gasteiger charge is -2.30. The molecule has 19 heavy (non-hydrogen) atoms. The zero-order valence-electron chi connectivity index (χ0n) is 11.3. The number of carbonyl (C=O) groups is 2. The average molecular weight is 265 g/mol. The first kappa shape index (κ1) is 12.9. The summed E-state index contributed by atoms with van der Waals surface area (Å²) in [7, 11) is 0. The van der Waals surface area contributed by atoms with Crippen LogP contribution >= 0.6 is 0 Å². The molecule has 2 bridgehead atoms. The molecule has 0 spiro atoms. The van der Waals surface area contributed by atoms with Gasteiger partial charge in [0, 0.05) is 6.04 Å². The van der Waals surface area contributed by atoms with Crippen LogP contribution in [0, 0.1) is 23.7 Å². The van der Waals surface area contributed by atoms with Crippen molar-refractivity contribution in [2.45, 2.75) is 57.4 Å². The molecule has 0 aromatic carbocycles. The van der Waals surface area contributed by atoms with Crippen molar-refractivity contribution in [2.24, 2.45) is 23.7 Å². The van der Waals surface area contributed by atoms with Gasteiger partial charge in [0.15, 0.2) is 0 Å². The van der Waals surface area contributed by atoms with Gasteiger partial charge in [0.05, 0.1) is 11.8 Å². The average Bonchev–Trinajstić information content (AvgIpc) is 3.01. The molecule has 3 fully saturated rings. The molecule has 3 rings (SSSR count). The number of aliphatic carboxylic acids is 1. The third kappa shape index (κ3) is 2.49. The van der Waals surface area contributed by atoms with E-state index in [-0.39, 0.29) is 11.8 Å². The fourth-order valence-electron chi connectivity index (χ4n) is 4.45. The molecule has 3 unspecified atom stereocenters. The summed E-state index contributed by atoms with van der Waals surface area (Å²) in [6.45, 7) is 0. The molecule has 0 aromatic heterocycles. The second kappa shape index (κ2) is 5.14. The Labute approximate surface area is 113 Å². The molecular formula is C15H23NO3. The van der Waals surface area contributed by atoms with Crippen molar-refractivity contribution in [3.05, 3.63) is 0 Å².